The lowest BCUT2D eigenvalue weighted by atomic mass is 10.1. The Hall–Kier alpha value is -2.73. The van der Waals surface area contributed by atoms with Crippen LogP contribution in [0, 0.1) is 6.92 Å². The largest absolute Gasteiger partial charge is 0.451 e. The van der Waals surface area contributed by atoms with Crippen molar-refractivity contribution in [2.75, 3.05) is 13.1 Å². The number of aryl methyl sites for hydroxylation is 1. The van der Waals surface area contributed by atoms with E-state index >= 15 is 0 Å². The Morgan fingerprint density at radius 2 is 2.22 bits per heavy atom. The quantitative estimate of drug-likeness (QED) is 0.758. The van der Waals surface area contributed by atoms with E-state index < -0.39 is 0 Å². The van der Waals surface area contributed by atoms with E-state index in [0.29, 0.717) is 12.3 Å². The first-order valence-electron chi connectivity index (χ1n) is 9.57. The highest BCUT2D eigenvalue weighted by atomic mass is 16.3. The number of fused-ring (bicyclic) bond motifs is 2. The maximum atomic E-state index is 13.3. The van der Waals surface area contributed by atoms with E-state index in [1.54, 1.807) is 0 Å². The van der Waals surface area contributed by atoms with Gasteiger partial charge in [0, 0.05) is 54.5 Å². The first-order chi connectivity index (χ1) is 13.2. The number of aromatic nitrogens is 2. The van der Waals surface area contributed by atoms with Crippen molar-refractivity contribution in [3.05, 3.63) is 58.9 Å². The lowest BCUT2D eigenvalue weighted by Gasteiger charge is -2.24. The SMILES string of the molecule is Cc1c(C(=O)N2CCCC2c2ncc3c(n2)CCNC3)oc2ccccc12. The molecule has 1 aromatic carbocycles. The average Bonchev–Trinajstić information content (AvgIpc) is 3.33. The first-order valence-corrected chi connectivity index (χ1v) is 9.57. The third kappa shape index (κ3) is 2.72. The summed E-state index contributed by atoms with van der Waals surface area (Å²) in [4.78, 5) is 24.6. The van der Waals surface area contributed by atoms with Gasteiger partial charge < -0.3 is 14.6 Å². The molecule has 2 aliphatic heterocycles. The zero-order valence-corrected chi connectivity index (χ0v) is 15.4. The number of carbonyl (C=O) groups excluding carboxylic acids is 1. The summed E-state index contributed by atoms with van der Waals surface area (Å²) in [6, 6.07) is 7.71. The molecular weight excluding hydrogens is 340 g/mol. The third-order valence-electron chi connectivity index (χ3n) is 5.68. The van der Waals surface area contributed by atoms with Gasteiger partial charge in [0.15, 0.2) is 11.6 Å². The topological polar surface area (TPSA) is 71.3 Å². The fraction of sp³-hybridized carbons (Fsp3) is 0.381. The van der Waals surface area contributed by atoms with E-state index in [1.165, 1.54) is 0 Å². The highest BCUT2D eigenvalue weighted by Gasteiger charge is 2.35. The number of benzene rings is 1. The number of hydrogen-bond acceptors (Lipinski definition) is 5. The van der Waals surface area contributed by atoms with Gasteiger partial charge in [-0.15, -0.1) is 0 Å². The highest BCUT2D eigenvalue weighted by Crippen LogP contribution is 2.34. The summed E-state index contributed by atoms with van der Waals surface area (Å²) < 4.78 is 5.91. The highest BCUT2D eigenvalue weighted by molar-refractivity contribution is 5.99. The predicted molar refractivity (Wildman–Crippen MR) is 101 cm³/mol. The number of furan rings is 1. The van der Waals surface area contributed by atoms with E-state index in [2.05, 4.69) is 10.3 Å². The van der Waals surface area contributed by atoms with Crippen LogP contribution in [-0.4, -0.2) is 33.9 Å². The van der Waals surface area contributed by atoms with Gasteiger partial charge in [0.1, 0.15) is 5.58 Å². The van der Waals surface area contributed by atoms with Crippen LogP contribution in [0.25, 0.3) is 11.0 Å². The first kappa shape index (κ1) is 16.4. The van der Waals surface area contributed by atoms with Gasteiger partial charge >= 0.3 is 0 Å². The number of hydrogen-bond donors (Lipinski definition) is 1. The number of para-hydroxylation sites is 1. The molecule has 1 atom stereocenters. The molecule has 1 amide bonds. The molecule has 1 saturated heterocycles. The Morgan fingerprint density at radius 3 is 3.11 bits per heavy atom. The van der Waals surface area contributed by atoms with Crippen LogP contribution in [0.2, 0.25) is 0 Å². The van der Waals surface area contributed by atoms with E-state index in [0.717, 1.165) is 66.0 Å². The van der Waals surface area contributed by atoms with E-state index in [1.807, 2.05) is 42.3 Å². The van der Waals surface area contributed by atoms with Crippen LogP contribution in [0.4, 0.5) is 0 Å². The molecule has 2 aliphatic rings. The zero-order chi connectivity index (χ0) is 18.4. The molecule has 1 N–H and O–H groups in total. The normalized spacial score (nSPS) is 19.4. The van der Waals surface area contributed by atoms with Gasteiger partial charge in [-0.25, -0.2) is 9.97 Å². The summed E-state index contributed by atoms with van der Waals surface area (Å²) in [6.45, 7) is 4.42. The summed E-state index contributed by atoms with van der Waals surface area (Å²) in [5.41, 5.74) is 3.93. The molecule has 6 nitrogen and oxygen atoms in total. The van der Waals surface area contributed by atoms with Crippen molar-refractivity contribution in [3.8, 4) is 0 Å². The molecule has 138 valence electrons. The molecule has 0 spiro atoms. The number of amides is 1. The lowest BCUT2D eigenvalue weighted by Crippen LogP contribution is -2.32. The summed E-state index contributed by atoms with van der Waals surface area (Å²) in [5, 5.41) is 4.33. The third-order valence-corrected chi connectivity index (χ3v) is 5.68. The molecule has 6 heteroatoms. The summed E-state index contributed by atoms with van der Waals surface area (Å²) in [7, 11) is 0. The Labute approximate surface area is 157 Å². The number of nitrogens with zero attached hydrogens (tertiary/aromatic N) is 3. The van der Waals surface area contributed by atoms with Crippen LogP contribution in [0.15, 0.2) is 34.9 Å². The van der Waals surface area contributed by atoms with Gasteiger partial charge in [-0.2, -0.15) is 0 Å². The summed E-state index contributed by atoms with van der Waals surface area (Å²) >= 11 is 0. The number of likely N-dealkylation sites (tertiary alicyclic amines) is 1. The second kappa shape index (κ2) is 6.46. The minimum Gasteiger partial charge on any atom is -0.451 e. The van der Waals surface area contributed by atoms with Gasteiger partial charge in [-0.1, -0.05) is 18.2 Å². The standard InChI is InChI=1S/C21H22N4O2/c1-13-15-5-2-3-7-18(15)27-19(13)21(26)25-10-4-6-17(25)20-23-12-14-11-22-9-8-16(14)24-20/h2-3,5,7,12,17,22H,4,6,8-11H2,1H3. The second-order valence-electron chi connectivity index (χ2n) is 7.34. The van der Waals surface area contributed by atoms with Crippen molar-refractivity contribution in [1.82, 2.24) is 20.2 Å². The van der Waals surface area contributed by atoms with Crippen LogP contribution in [0.1, 0.15) is 52.1 Å². The monoisotopic (exact) mass is 362 g/mol. The van der Waals surface area contributed by atoms with Crippen LogP contribution in [0.5, 0.6) is 0 Å². The smallest absolute Gasteiger partial charge is 0.290 e. The molecule has 27 heavy (non-hydrogen) atoms. The lowest BCUT2D eigenvalue weighted by molar-refractivity contribution is 0.0698. The Balaban J connectivity index is 1.48. The molecule has 0 bridgehead atoms. The van der Waals surface area contributed by atoms with E-state index in [4.69, 9.17) is 9.40 Å². The van der Waals surface area contributed by atoms with Gasteiger partial charge in [0.25, 0.3) is 5.91 Å². The Bertz CT molecular complexity index is 1030. The molecule has 1 fully saturated rings. The van der Waals surface area contributed by atoms with Crippen molar-refractivity contribution < 1.29 is 9.21 Å². The molecule has 4 heterocycles. The van der Waals surface area contributed by atoms with Crippen molar-refractivity contribution in [2.24, 2.45) is 0 Å². The number of rotatable bonds is 2. The Morgan fingerprint density at radius 1 is 1.33 bits per heavy atom. The fourth-order valence-corrected chi connectivity index (χ4v) is 4.20. The average molecular weight is 362 g/mol. The van der Waals surface area contributed by atoms with Gasteiger partial charge in [0.05, 0.1) is 6.04 Å². The number of carbonyl (C=O) groups is 1. The maximum Gasteiger partial charge on any atom is 0.290 e. The zero-order valence-electron chi connectivity index (χ0n) is 15.4. The molecule has 3 aromatic rings. The van der Waals surface area contributed by atoms with Gasteiger partial charge in [0.2, 0.25) is 0 Å². The molecule has 2 aromatic heterocycles. The van der Waals surface area contributed by atoms with Crippen LogP contribution in [0.3, 0.4) is 0 Å². The minimum atomic E-state index is -0.0784. The van der Waals surface area contributed by atoms with E-state index in [-0.39, 0.29) is 11.9 Å². The molecule has 0 aliphatic carbocycles. The summed E-state index contributed by atoms with van der Waals surface area (Å²) in [6.07, 6.45) is 4.67. The molecule has 5 rings (SSSR count). The van der Waals surface area contributed by atoms with Crippen molar-refractivity contribution in [3.63, 3.8) is 0 Å². The van der Waals surface area contributed by atoms with Crippen LogP contribution < -0.4 is 5.32 Å². The molecule has 0 radical (unpaired) electrons. The van der Waals surface area contributed by atoms with Gasteiger partial charge in [-0.05, 0) is 25.8 Å². The predicted octanol–water partition coefficient (Wildman–Crippen LogP) is 3.15. The minimum absolute atomic E-state index is 0.0609. The van der Waals surface area contributed by atoms with Crippen molar-refractivity contribution in [1.29, 1.82) is 0 Å². The van der Waals surface area contributed by atoms with Gasteiger partial charge in [-0.3, -0.25) is 4.79 Å². The maximum absolute atomic E-state index is 13.3. The molecular formula is C21H22N4O2. The number of nitrogens with one attached hydrogen (secondary N) is 1. The fourth-order valence-electron chi connectivity index (χ4n) is 4.20. The van der Waals surface area contributed by atoms with Crippen LogP contribution >= 0.6 is 0 Å². The Kier molecular flexibility index (Phi) is 3.93. The second-order valence-corrected chi connectivity index (χ2v) is 7.34. The summed E-state index contributed by atoms with van der Waals surface area (Å²) in [5.74, 6) is 1.13. The van der Waals surface area contributed by atoms with Crippen molar-refractivity contribution in [2.45, 2.75) is 38.8 Å². The van der Waals surface area contributed by atoms with E-state index in [9.17, 15) is 4.79 Å². The van der Waals surface area contributed by atoms with Crippen LogP contribution in [-0.2, 0) is 13.0 Å². The molecule has 1 unspecified atom stereocenters. The molecule has 0 saturated carbocycles. The van der Waals surface area contributed by atoms with Crippen molar-refractivity contribution >= 4 is 16.9 Å².